The van der Waals surface area contributed by atoms with Crippen molar-refractivity contribution in [3.05, 3.63) is 69.9 Å². The number of hydrogen-bond donors (Lipinski definition) is 0. The van der Waals surface area contributed by atoms with E-state index in [2.05, 4.69) is 0 Å². The lowest BCUT2D eigenvalue weighted by Crippen LogP contribution is -2.24. The summed E-state index contributed by atoms with van der Waals surface area (Å²) in [5.74, 6) is -0.473. The third-order valence-corrected chi connectivity index (χ3v) is 3.75. The Hall–Kier alpha value is -2.87. The molecule has 3 rings (SSSR count). The summed E-state index contributed by atoms with van der Waals surface area (Å²) in [6.45, 7) is 2.60. The van der Waals surface area contributed by atoms with E-state index in [0.717, 1.165) is 11.0 Å². The molecule has 0 unspecified atom stereocenters. The summed E-state index contributed by atoms with van der Waals surface area (Å²) < 4.78 is 17.3. The minimum absolute atomic E-state index is 0.143. The summed E-state index contributed by atoms with van der Waals surface area (Å²) in [7, 11) is 0. The quantitative estimate of drug-likeness (QED) is 0.746. The Kier molecular flexibility index (Phi) is 3.51. The third-order valence-electron chi connectivity index (χ3n) is 3.75. The van der Waals surface area contributed by atoms with Gasteiger partial charge in [0.25, 0.3) is 0 Å². The van der Waals surface area contributed by atoms with E-state index in [9.17, 15) is 9.18 Å². The molecule has 0 radical (unpaired) electrons. The lowest BCUT2D eigenvalue weighted by Gasteiger charge is -2.05. The minimum atomic E-state index is -0.473. The Morgan fingerprint density at radius 3 is 2.41 bits per heavy atom. The number of halogens is 1. The molecule has 0 aliphatic rings. The first-order valence-corrected chi connectivity index (χ1v) is 7.02. The van der Waals surface area contributed by atoms with Crippen LogP contribution in [-0.4, -0.2) is 9.13 Å². The number of aryl methyl sites for hydroxylation is 1. The van der Waals surface area contributed by atoms with Crippen LogP contribution in [0.15, 0.2) is 47.3 Å². The molecule has 5 heteroatoms. The molecule has 0 amide bonds. The molecular weight excluding hydrogens is 281 g/mol. The molecule has 0 spiro atoms. The maximum Gasteiger partial charge on any atom is 0.329 e. The molecule has 0 aliphatic carbocycles. The van der Waals surface area contributed by atoms with Crippen LogP contribution in [0.5, 0.6) is 0 Å². The van der Waals surface area contributed by atoms with Gasteiger partial charge in [0.05, 0.1) is 29.2 Å². The largest absolute Gasteiger partial charge is 0.329 e. The zero-order valence-corrected chi connectivity index (χ0v) is 12.1. The summed E-state index contributed by atoms with van der Waals surface area (Å²) in [5.41, 5.74) is 2.11. The molecule has 0 saturated heterocycles. The van der Waals surface area contributed by atoms with Crippen LogP contribution in [-0.2, 0) is 13.1 Å². The molecule has 1 heterocycles. The second-order valence-electron chi connectivity index (χ2n) is 5.02. The van der Waals surface area contributed by atoms with E-state index in [1.54, 1.807) is 21.3 Å². The first kappa shape index (κ1) is 14.1. The number of nitrogens with zero attached hydrogens (tertiary/aromatic N) is 3. The lowest BCUT2D eigenvalue weighted by molar-refractivity contribution is 0.594. The number of para-hydroxylation sites is 2. The maximum absolute atomic E-state index is 14.1. The number of hydrogen-bond acceptors (Lipinski definition) is 2. The van der Waals surface area contributed by atoms with E-state index in [4.69, 9.17) is 5.26 Å². The number of aromatic nitrogens is 2. The van der Waals surface area contributed by atoms with E-state index in [-0.39, 0.29) is 17.8 Å². The molecular formula is C17H14FN3O. The normalized spacial score (nSPS) is 10.8. The molecule has 4 nitrogen and oxygen atoms in total. The number of imidazole rings is 1. The molecule has 1 aromatic heterocycles. The number of nitriles is 1. The lowest BCUT2D eigenvalue weighted by atomic mass is 10.1. The van der Waals surface area contributed by atoms with Gasteiger partial charge in [-0.3, -0.25) is 9.13 Å². The smallest absolute Gasteiger partial charge is 0.292 e. The average molecular weight is 295 g/mol. The zero-order chi connectivity index (χ0) is 15.7. The van der Waals surface area contributed by atoms with Crippen molar-refractivity contribution < 1.29 is 4.39 Å². The van der Waals surface area contributed by atoms with Crippen molar-refractivity contribution in [2.24, 2.45) is 0 Å². The van der Waals surface area contributed by atoms with Gasteiger partial charge in [-0.1, -0.05) is 18.2 Å². The molecule has 0 aliphatic heterocycles. The molecule has 110 valence electrons. The summed E-state index contributed by atoms with van der Waals surface area (Å²) in [6.07, 6.45) is 0. The third kappa shape index (κ3) is 2.19. The van der Waals surface area contributed by atoms with Crippen LogP contribution in [0.3, 0.4) is 0 Å². The van der Waals surface area contributed by atoms with Crippen LogP contribution >= 0.6 is 0 Å². The molecule has 0 fully saturated rings. The standard InChI is InChI=1S/C17H14FN3O/c1-2-20-15-5-3-4-6-16(15)21(17(20)22)11-13-8-7-12(10-19)9-14(13)18/h3-9H,2,11H2,1H3. The predicted molar refractivity (Wildman–Crippen MR) is 82.1 cm³/mol. The second-order valence-corrected chi connectivity index (χ2v) is 5.02. The SMILES string of the molecule is CCn1c(=O)n(Cc2ccc(C#N)cc2F)c2ccccc21. The van der Waals surface area contributed by atoms with Gasteiger partial charge in [0.15, 0.2) is 0 Å². The Balaban J connectivity index is 2.14. The topological polar surface area (TPSA) is 50.7 Å². The predicted octanol–water partition coefficient (Wildman–Crippen LogP) is 2.88. The number of benzene rings is 2. The summed E-state index contributed by atoms with van der Waals surface area (Å²) >= 11 is 0. The van der Waals surface area contributed by atoms with Crippen LogP contribution in [0.2, 0.25) is 0 Å². The van der Waals surface area contributed by atoms with Crippen molar-refractivity contribution >= 4 is 11.0 Å². The van der Waals surface area contributed by atoms with Gasteiger partial charge in [-0.15, -0.1) is 0 Å². The van der Waals surface area contributed by atoms with Crippen LogP contribution in [0.4, 0.5) is 4.39 Å². The molecule has 0 bridgehead atoms. The molecule has 0 saturated carbocycles. The number of rotatable bonds is 3. The highest BCUT2D eigenvalue weighted by Crippen LogP contribution is 2.16. The highest BCUT2D eigenvalue weighted by Gasteiger charge is 2.13. The summed E-state index contributed by atoms with van der Waals surface area (Å²) in [5, 5.41) is 8.79. The van der Waals surface area contributed by atoms with E-state index >= 15 is 0 Å². The summed E-state index contributed by atoms with van der Waals surface area (Å²) in [4.78, 5) is 12.5. The Morgan fingerprint density at radius 2 is 1.82 bits per heavy atom. The van der Waals surface area contributed by atoms with Gasteiger partial charge < -0.3 is 0 Å². The van der Waals surface area contributed by atoms with Crippen molar-refractivity contribution in [2.45, 2.75) is 20.0 Å². The van der Waals surface area contributed by atoms with Crippen LogP contribution in [0, 0.1) is 17.1 Å². The van der Waals surface area contributed by atoms with Crippen molar-refractivity contribution in [3.8, 4) is 6.07 Å². The second kappa shape index (κ2) is 5.49. The molecule has 0 N–H and O–H groups in total. The van der Waals surface area contributed by atoms with Crippen LogP contribution in [0.25, 0.3) is 11.0 Å². The van der Waals surface area contributed by atoms with E-state index in [1.165, 1.54) is 6.07 Å². The first-order valence-electron chi connectivity index (χ1n) is 7.02. The van der Waals surface area contributed by atoms with Crippen LogP contribution in [0.1, 0.15) is 18.1 Å². The fourth-order valence-electron chi connectivity index (χ4n) is 2.65. The highest BCUT2D eigenvalue weighted by molar-refractivity contribution is 5.76. The van der Waals surface area contributed by atoms with Gasteiger partial charge in [-0.25, -0.2) is 9.18 Å². The van der Waals surface area contributed by atoms with Crippen LogP contribution < -0.4 is 5.69 Å². The maximum atomic E-state index is 14.1. The average Bonchev–Trinajstić information content (AvgIpc) is 2.81. The highest BCUT2D eigenvalue weighted by atomic mass is 19.1. The Morgan fingerprint density at radius 1 is 1.14 bits per heavy atom. The first-order chi connectivity index (χ1) is 10.7. The summed E-state index contributed by atoms with van der Waals surface area (Å²) in [6, 6.07) is 13.7. The van der Waals surface area contributed by atoms with Gasteiger partial charge in [-0.05, 0) is 31.2 Å². The minimum Gasteiger partial charge on any atom is -0.292 e. The van der Waals surface area contributed by atoms with Gasteiger partial charge in [0.1, 0.15) is 5.82 Å². The number of fused-ring (bicyclic) bond motifs is 1. The fraction of sp³-hybridized carbons (Fsp3) is 0.176. The van der Waals surface area contributed by atoms with E-state index < -0.39 is 5.82 Å². The van der Waals surface area contributed by atoms with Gasteiger partial charge in [-0.2, -0.15) is 5.26 Å². The molecule has 0 atom stereocenters. The van der Waals surface area contributed by atoms with E-state index in [0.29, 0.717) is 12.1 Å². The molecule has 22 heavy (non-hydrogen) atoms. The zero-order valence-electron chi connectivity index (χ0n) is 12.1. The van der Waals surface area contributed by atoms with Crippen molar-refractivity contribution in [1.29, 1.82) is 5.26 Å². The monoisotopic (exact) mass is 295 g/mol. The van der Waals surface area contributed by atoms with Gasteiger partial charge in [0, 0.05) is 12.1 Å². The van der Waals surface area contributed by atoms with Gasteiger partial charge in [0.2, 0.25) is 0 Å². The van der Waals surface area contributed by atoms with Gasteiger partial charge >= 0.3 is 5.69 Å². The van der Waals surface area contributed by atoms with Crippen molar-refractivity contribution in [2.75, 3.05) is 0 Å². The molecule has 2 aromatic carbocycles. The fourth-order valence-corrected chi connectivity index (χ4v) is 2.65. The molecule has 3 aromatic rings. The van der Waals surface area contributed by atoms with Crippen molar-refractivity contribution in [1.82, 2.24) is 9.13 Å². The Labute approximate surface area is 126 Å². The van der Waals surface area contributed by atoms with Crippen molar-refractivity contribution in [3.63, 3.8) is 0 Å². The van der Waals surface area contributed by atoms with E-state index in [1.807, 2.05) is 37.3 Å². The Bertz CT molecular complexity index is 947.